The summed E-state index contributed by atoms with van der Waals surface area (Å²) in [5.41, 5.74) is -0.127. The number of fused-ring (bicyclic) bond motifs is 5. The van der Waals surface area contributed by atoms with Crippen LogP contribution in [0.1, 0.15) is 97.0 Å². The molecule has 7 nitrogen and oxygen atoms in total. The van der Waals surface area contributed by atoms with Crippen LogP contribution in [0.2, 0.25) is 0 Å². The summed E-state index contributed by atoms with van der Waals surface area (Å²) in [6.07, 6.45) is 8.98. The number of ether oxygens (including phenoxy) is 2. The van der Waals surface area contributed by atoms with Crippen molar-refractivity contribution in [2.24, 2.45) is 40.4 Å². The van der Waals surface area contributed by atoms with Crippen molar-refractivity contribution in [3.8, 4) is 0 Å². The minimum Gasteiger partial charge on any atom is -0.428 e. The number of Topliss-reactive ketones (excluding diaryl/α,β-unsaturated/α-hetero) is 1. The van der Waals surface area contributed by atoms with E-state index < -0.39 is 17.6 Å². The molecule has 4 saturated carbocycles. The summed E-state index contributed by atoms with van der Waals surface area (Å²) in [7, 11) is 0. The monoisotopic (exact) mass is 488 g/mol. The first kappa shape index (κ1) is 24.6. The number of ketones is 1. The van der Waals surface area contributed by atoms with Gasteiger partial charge in [0.15, 0.2) is 18.1 Å². The third-order valence-corrected chi connectivity index (χ3v) is 10.9. The number of rotatable bonds is 4. The van der Waals surface area contributed by atoms with Crippen LogP contribution in [-0.4, -0.2) is 17.5 Å². The topological polar surface area (TPSA) is 96.0 Å². The van der Waals surface area contributed by atoms with Gasteiger partial charge in [0, 0.05) is 5.92 Å². The first-order chi connectivity index (χ1) is 16.4. The highest BCUT2D eigenvalue weighted by Crippen LogP contribution is 2.68. The van der Waals surface area contributed by atoms with Gasteiger partial charge in [-0.3, -0.25) is 4.79 Å². The molecule has 0 spiro atoms. The highest BCUT2D eigenvalue weighted by atomic mass is 16.7. The van der Waals surface area contributed by atoms with Crippen LogP contribution in [-0.2, 0) is 20.9 Å². The Kier molecular flexibility index (Phi) is 5.99. The van der Waals surface area contributed by atoms with Crippen molar-refractivity contribution in [2.75, 3.05) is 0 Å². The van der Waals surface area contributed by atoms with Crippen molar-refractivity contribution in [3.63, 3.8) is 0 Å². The summed E-state index contributed by atoms with van der Waals surface area (Å²) in [6, 6.07) is 0. The van der Waals surface area contributed by atoms with Gasteiger partial charge in [-0.1, -0.05) is 13.8 Å². The van der Waals surface area contributed by atoms with Crippen molar-refractivity contribution in [3.05, 3.63) is 22.1 Å². The zero-order chi connectivity index (χ0) is 25.2. The smallest absolute Gasteiger partial charge is 0.428 e. The zero-order valence-electron chi connectivity index (χ0n) is 21.8. The van der Waals surface area contributed by atoms with Gasteiger partial charge in [-0.25, -0.2) is 9.59 Å². The van der Waals surface area contributed by atoms with E-state index in [-0.39, 0.29) is 29.1 Å². The lowest BCUT2D eigenvalue weighted by molar-refractivity contribution is -0.155. The molecule has 0 aromatic carbocycles. The van der Waals surface area contributed by atoms with E-state index in [9.17, 15) is 14.4 Å². The van der Waals surface area contributed by atoms with E-state index in [4.69, 9.17) is 18.3 Å². The fraction of sp³-hybridized carbons (Fsp3) is 0.821. The van der Waals surface area contributed by atoms with E-state index in [1.807, 2.05) is 6.92 Å². The van der Waals surface area contributed by atoms with E-state index in [0.717, 1.165) is 38.5 Å². The van der Waals surface area contributed by atoms with Crippen molar-refractivity contribution in [1.29, 1.82) is 0 Å². The van der Waals surface area contributed by atoms with Crippen molar-refractivity contribution >= 4 is 11.9 Å². The molecule has 7 heteroatoms. The minimum absolute atomic E-state index is 0.179. The molecule has 8 atom stereocenters. The Balaban J connectivity index is 1.23. The van der Waals surface area contributed by atoms with Gasteiger partial charge >= 0.3 is 12.0 Å². The van der Waals surface area contributed by atoms with E-state index in [1.54, 1.807) is 13.8 Å². The normalized spacial score (nSPS) is 42.5. The van der Waals surface area contributed by atoms with Gasteiger partial charge in [-0.15, -0.1) is 0 Å². The zero-order valence-corrected chi connectivity index (χ0v) is 21.8. The molecule has 1 aromatic heterocycles. The maximum absolute atomic E-state index is 12.5. The molecule has 194 valence electrons. The minimum atomic E-state index is -0.805. The fourth-order valence-electron chi connectivity index (χ4n) is 9.04. The van der Waals surface area contributed by atoms with Crippen LogP contribution in [0, 0.1) is 47.3 Å². The van der Waals surface area contributed by atoms with Crippen LogP contribution in [0.3, 0.4) is 0 Å². The van der Waals surface area contributed by atoms with Gasteiger partial charge < -0.3 is 18.3 Å². The molecule has 4 fully saturated rings. The standard InChI is InChI=1S/C28H40O7/c1-16(29)20-8-9-21-19-7-6-18-14-26(3,12-13-27(18,4)22(19)10-11-28(20,21)5)35-24(30)32-15-23-17(2)33-25(31)34-23/h18-22H,6-15H2,1-5H3. The molecule has 0 amide bonds. The highest BCUT2D eigenvalue weighted by Gasteiger charge is 2.61. The predicted octanol–water partition coefficient (Wildman–Crippen LogP) is 6.20. The number of hydrogen-bond donors (Lipinski definition) is 0. The van der Waals surface area contributed by atoms with Crippen LogP contribution < -0.4 is 5.82 Å². The molecule has 0 bridgehead atoms. The van der Waals surface area contributed by atoms with Crippen molar-refractivity contribution in [1.82, 2.24) is 0 Å². The molecular formula is C28H40O7. The Morgan fingerprint density at radius 2 is 1.69 bits per heavy atom. The Labute approximate surface area is 207 Å². The van der Waals surface area contributed by atoms with Gasteiger partial charge in [0.25, 0.3) is 0 Å². The molecule has 4 aliphatic rings. The lowest BCUT2D eigenvalue weighted by Crippen LogP contribution is -2.56. The van der Waals surface area contributed by atoms with Crippen LogP contribution in [0.15, 0.2) is 13.6 Å². The molecule has 1 aromatic rings. The van der Waals surface area contributed by atoms with Gasteiger partial charge in [-0.05, 0) is 113 Å². The molecular weight excluding hydrogens is 448 g/mol. The summed E-state index contributed by atoms with van der Waals surface area (Å²) in [4.78, 5) is 36.1. The van der Waals surface area contributed by atoms with E-state index >= 15 is 0 Å². The number of carbonyl (C=O) groups is 2. The molecule has 0 saturated heterocycles. The molecule has 35 heavy (non-hydrogen) atoms. The molecule has 0 radical (unpaired) electrons. The summed E-state index contributed by atoms with van der Waals surface area (Å²) in [5, 5.41) is 0. The largest absolute Gasteiger partial charge is 0.519 e. The lowest BCUT2D eigenvalue weighted by atomic mass is 9.44. The van der Waals surface area contributed by atoms with E-state index in [2.05, 4.69) is 13.8 Å². The Morgan fingerprint density at radius 1 is 0.943 bits per heavy atom. The van der Waals surface area contributed by atoms with Gasteiger partial charge in [0.2, 0.25) is 0 Å². The summed E-state index contributed by atoms with van der Waals surface area (Å²) >= 11 is 0. The molecule has 8 unspecified atom stereocenters. The first-order valence-corrected chi connectivity index (χ1v) is 13.4. The van der Waals surface area contributed by atoms with Crippen LogP contribution in [0.25, 0.3) is 0 Å². The van der Waals surface area contributed by atoms with E-state index in [0.29, 0.717) is 35.2 Å². The van der Waals surface area contributed by atoms with Gasteiger partial charge in [-0.2, -0.15) is 0 Å². The van der Waals surface area contributed by atoms with Crippen LogP contribution >= 0.6 is 0 Å². The molecule has 4 aliphatic carbocycles. The Morgan fingerprint density at radius 3 is 2.37 bits per heavy atom. The van der Waals surface area contributed by atoms with Crippen molar-refractivity contribution < 1.29 is 27.9 Å². The lowest BCUT2D eigenvalue weighted by Gasteiger charge is -2.62. The molecule has 5 rings (SSSR count). The van der Waals surface area contributed by atoms with Crippen LogP contribution in [0.4, 0.5) is 4.79 Å². The summed E-state index contributed by atoms with van der Waals surface area (Å²) in [6.45, 7) is 10.1. The number of carbonyl (C=O) groups excluding carboxylic acids is 2. The van der Waals surface area contributed by atoms with E-state index in [1.165, 1.54) is 19.3 Å². The molecule has 0 N–H and O–H groups in total. The third kappa shape index (κ3) is 4.07. The maximum atomic E-state index is 12.5. The third-order valence-electron chi connectivity index (χ3n) is 10.9. The average molecular weight is 489 g/mol. The maximum Gasteiger partial charge on any atom is 0.519 e. The van der Waals surface area contributed by atoms with Gasteiger partial charge in [0.1, 0.15) is 11.4 Å². The first-order valence-electron chi connectivity index (χ1n) is 13.4. The number of aryl methyl sites for hydroxylation is 1. The second kappa shape index (κ2) is 8.52. The SMILES string of the molecule is CC(=O)C1CCC2C3CCC4CC(C)(OC(=O)OCc5oc(=O)oc5C)CCC4(C)C3CCC12C. The Hall–Kier alpha value is -2.05. The second-order valence-corrected chi connectivity index (χ2v) is 12.7. The predicted molar refractivity (Wildman–Crippen MR) is 128 cm³/mol. The van der Waals surface area contributed by atoms with Crippen molar-refractivity contribution in [2.45, 2.75) is 105 Å². The Bertz CT molecular complexity index is 1050. The summed E-state index contributed by atoms with van der Waals surface area (Å²) < 4.78 is 20.8. The molecule has 1 heterocycles. The van der Waals surface area contributed by atoms with Gasteiger partial charge in [0.05, 0.1) is 0 Å². The molecule has 0 aliphatic heterocycles. The summed E-state index contributed by atoms with van der Waals surface area (Å²) in [5.74, 6) is 2.91. The number of hydrogen-bond acceptors (Lipinski definition) is 7. The van der Waals surface area contributed by atoms with Crippen LogP contribution in [0.5, 0.6) is 0 Å². The fourth-order valence-corrected chi connectivity index (χ4v) is 9.04. The average Bonchev–Trinajstić information content (AvgIpc) is 3.30. The quantitative estimate of drug-likeness (QED) is 0.465. The highest BCUT2D eigenvalue weighted by molar-refractivity contribution is 5.79. The second-order valence-electron chi connectivity index (χ2n) is 12.7.